The van der Waals surface area contributed by atoms with Gasteiger partial charge in [-0.1, -0.05) is 26.0 Å². The Morgan fingerprint density at radius 1 is 0.867 bits per heavy atom. The third-order valence-corrected chi connectivity index (χ3v) is 4.01. The third kappa shape index (κ3) is 9.94. The highest BCUT2D eigenvalue weighted by Gasteiger charge is 2.47. The lowest BCUT2D eigenvalue weighted by Crippen LogP contribution is -2.52. The number of amides is 2. The molecule has 1 atom stereocenters. The van der Waals surface area contributed by atoms with Crippen LogP contribution >= 0.6 is 0 Å². The van der Waals surface area contributed by atoms with E-state index < -0.39 is 36.0 Å². The van der Waals surface area contributed by atoms with Crippen molar-refractivity contribution in [3.8, 4) is 0 Å². The molecule has 0 bridgehead atoms. The van der Waals surface area contributed by atoms with E-state index in [-0.39, 0.29) is 5.57 Å². The Morgan fingerprint density at radius 2 is 1.37 bits per heavy atom. The number of ether oxygens (including phenoxy) is 4. The summed E-state index contributed by atoms with van der Waals surface area (Å²) in [5.74, 6) is -1.21. The zero-order chi connectivity index (χ0) is 23.3. The van der Waals surface area contributed by atoms with Crippen molar-refractivity contribution in [1.29, 1.82) is 0 Å². The highest BCUT2D eigenvalue weighted by atomic mass is 16.7. The van der Waals surface area contributed by atoms with Gasteiger partial charge in [0.15, 0.2) is 5.60 Å². The average molecular weight is 426 g/mol. The van der Waals surface area contributed by atoms with Crippen LogP contribution < -0.4 is 11.5 Å². The SMILES string of the molecule is C=C(C)C(=O)OC(OC(N)=O)C1(OC(N)=O)CCCCCC1.[CH2][CH]OC(=O)C(=C)C. The van der Waals surface area contributed by atoms with E-state index in [1.165, 1.54) is 6.92 Å². The van der Waals surface area contributed by atoms with Crippen LogP contribution in [0, 0.1) is 13.5 Å². The second-order valence-corrected chi connectivity index (χ2v) is 6.71. The van der Waals surface area contributed by atoms with E-state index in [2.05, 4.69) is 24.8 Å². The van der Waals surface area contributed by atoms with Gasteiger partial charge in [-0.15, -0.1) is 0 Å². The predicted octanol–water partition coefficient (Wildman–Crippen LogP) is 2.82. The van der Waals surface area contributed by atoms with Gasteiger partial charge in [0.25, 0.3) is 6.29 Å². The Hall–Kier alpha value is -3.04. The monoisotopic (exact) mass is 426 g/mol. The van der Waals surface area contributed by atoms with Crippen molar-refractivity contribution in [2.45, 2.75) is 64.3 Å². The average Bonchev–Trinajstić information content (AvgIpc) is 2.87. The molecule has 0 spiro atoms. The van der Waals surface area contributed by atoms with E-state index in [9.17, 15) is 19.2 Å². The van der Waals surface area contributed by atoms with Gasteiger partial charge < -0.3 is 30.4 Å². The highest BCUT2D eigenvalue weighted by molar-refractivity contribution is 5.87. The molecular formula is C20H30N2O8. The van der Waals surface area contributed by atoms with Gasteiger partial charge in [0.05, 0.1) is 0 Å². The minimum atomic E-state index is -1.46. The van der Waals surface area contributed by atoms with Crippen molar-refractivity contribution in [1.82, 2.24) is 0 Å². The van der Waals surface area contributed by atoms with Crippen molar-refractivity contribution >= 4 is 24.1 Å². The smallest absolute Gasteiger partial charge is 0.407 e. The van der Waals surface area contributed by atoms with Crippen LogP contribution in [0.4, 0.5) is 9.59 Å². The van der Waals surface area contributed by atoms with E-state index in [0.717, 1.165) is 19.4 Å². The molecule has 2 amide bonds. The van der Waals surface area contributed by atoms with Crippen molar-refractivity contribution < 1.29 is 38.1 Å². The fourth-order valence-corrected chi connectivity index (χ4v) is 2.63. The van der Waals surface area contributed by atoms with Gasteiger partial charge in [-0.3, -0.25) is 0 Å². The van der Waals surface area contributed by atoms with Crippen molar-refractivity contribution in [2.24, 2.45) is 11.5 Å². The van der Waals surface area contributed by atoms with Crippen LogP contribution in [0.2, 0.25) is 0 Å². The molecule has 30 heavy (non-hydrogen) atoms. The van der Waals surface area contributed by atoms with E-state index in [1.54, 1.807) is 6.92 Å². The molecule has 1 saturated carbocycles. The lowest BCUT2D eigenvalue weighted by molar-refractivity contribution is -0.212. The Balaban J connectivity index is 0.000000890. The van der Waals surface area contributed by atoms with E-state index >= 15 is 0 Å². The molecular weight excluding hydrogens is 396 g/mol. The summed E-state index contributed by atoms with van der Waals surface area (Å²) in [5, 5.41) is 0. The summed E-state index contributed by atoms with van der Waals surface area (Å²) < 4.78 is 19.6. The Bertz CT molecular complexity index is 651. The van der Waals surface area contributed by atoms with Crippen molar-refractivity contribution in [2.75, 3.05) is 0 Å². The molecule has 2 radical (unpaired) electrons. The first kappa shape index (κ1) is 27.0. The molecule has 1 rings (SSSR count). The van der Waals surface area contributed by atoms with Gasteiger partial charge in [-0.2, -0.15) is 0 Å². The summed E-state index contributed by atoms with van der Waals surface area (Å²) in [6, 6.07) is 0. The molecule has 0 saturated heterocycles. The quantitative estimate of drug-likeness (QED) is 0.207. The predicted molar refractivity (Wildman–Crippen MR) is 107 cm³/mol. The zero-order valence-corrected chi connectivity index (χ0v) is 17.4. The summed E-state index contributed by atoms with van der Waals surface area (Å²) in [5.41, 5.74) is 9.32. The second-order valence-electron chi connectivity index (χ2n) is 6.71. The van der Waals surface area contributed by atoms with Gasteiger partial charge in [0.2, 0.25) is 0 Å². The molecule has 0 aromatic rings. The molecule has 4 N–H and O–H groups in total. The lowest BCUT2D eigenvalue weighted by Gasteiger charge is -2.36. The van der Waals surface area contributed by atoms with Crippen LogP contribution in [0.15, 0.2) is 24.3 Å². The van der Waals surface area contributed by atoms with Crippen molar-refractivity contribution in [3.05, 3.63) is 37.8 Å². The van der Waals surface area contributed by atoms with Gasteiger partial charge in [-0.05, 0) is 46.5 Å². The summed E-state index contributed by atoms with van der Waals surface area (Å²) in [6.45, 7) is 14.1. The fraction of sp³-hybridized carbons (Fsp3) is 0.500. The molecule has 0 heterocycles. The first-order chi connectivity index (χ1) is 13.9. The number of esters is 2. The van der Waals surface area contributed by atoms with Crippen LogP contribution in [0.1, 0.15) is 52.4 Å². The van der Waals surface area contributed by atoms with Crippen LogP contribution in [-0.2, 0) is 28.5 Å². The second kappa shape index (κ2) is 13.2. The van der Waals surface area contributed by atoms with Gasteiger partial charge in [-0.25, -0.2) is 19.2 Å². The molecule has 1 fully saturated rings. The van der Waals surface area contributed by atoms with Crippen LogP contribution in [0.3, 0.4) is 0 Å². The number of rotatable bonds is 7. The maximum Gasteiger partial charge on any atom is 0.407 e. The molecule has 0 aliphatic heterocycles. The normalized spacial score (nSPS) is 15.7. The van der Waals surface area contributed by atoms with E-state index in [1.807, 2.05) is 0 Å². The van der Waals surface area contributed by atoms with Crippen LogP contribution in [0.25, 0.3) is 0 Å². The minimum absolute atomic E-state index is 0.112. The fourth-order valence-electron chi connectivity index (χ4n) is 2.63. The minimum Gasteiger partial charge on any atom is -0.455 e. The largest absolute Gasteiger partial charge is 0.455 e. The molecule has 10 heteroatoms. The first-order valence-electron chi connectivity index (χ1n) is 9.23. The number of carbonyl (C=O) groups is 4. The molecule has 1 aliphatic carbocycles. The van der Waals surface area contributed by atoms with E-state index in [0.29, 0.717) is 31.3 Å². The van der Waals surface area contributed by atoms with Gasteiger partial charge >= 0.3 is 24.1 Å². The van der Waals surface area contributed by atoms with Crippen LogP contribution in [0.5, 0.6) is 0 Å². The van der Waals surface area contributed by atoms with Crippen LogP contribution in [-0.4, -0.2) is 36.0 Å². The number of nitrogens with two attached hydrogens (primary N) is 2. The molecule has 0 aromatic carbocycles. The number of primary amides is 2. The Morgan fingerprint density at radius 3 is 1.70 bits per heavy atom. The molecule has 1 aliphatic rings. The molecule has 1 unspecified atom stereocenters. The standard InChI is InChI=1S/C14H22N2O6.C6H8O2/c1-9(2)10(17)20-11(21-12(15)18)14(22-13(16)19)7-5-3-4-6-8-14;1-4-8-6(7)5(2)3/h11H,1,3-8H2,2H3,(H2,15,18)(H2,16,19);4H,1-2H2,3H3. The third-order valence-electron chi connectivity index (χ3n) is 4.01. The Labute approximate surface area is 176 Å². The maximum atomic E-state index is 11.8. The number of hydrogen-bond donors (Lipinski definition) is 2. The molecule has 168 valence electrons. The molecule has 0 aromatic heterocycles. The van der Waals surface area contributed by atoms with E-state index in [4.69, 9.17) is 25.7 Å². The lowest BCUT2D eigenvalue weighted by atomic mass is 9.93. The summed E-state index contributed by atoms with van der Waals surface area (Å²) >= 11 is 0. The number of carbonyl (C=O) groups excluding carboxylic acids is 4. The summed E-state index contributed by atoms with van der Waals surface area (Å²) in [4.78, 5) is 44.5. The zero-order valence-electron chi connectivity index (χ0n) is 17.4. The summed E-state index contributed by atoms with van der Waals surface area (Å²) in [7, 11) is 0. The first-order valence-corrected chi connectivity index (χ1v) is 9.23. The highest BCUT2D eigenvalue weighted by Crippen LogP contribution is 2.36. The Kier molecular flexibility index (Phi) is 11.9. The maximum absolute atomic E-state index is 11.8. The van der Waals surface area contributed by atoms with Crippen molar-refractivity contribution in [3.63, 3.8) is 0 Å². The molecule has 10 nitrogen and oxygen atoms in total. The van der Waals surface area contributed by atoms with Gasteiger partial charge in [0.1, 0.15) is 6.61 Å². The van der Waals surface area contributed by atoms with Gasteiger partial charge in [0, 0.05) is 11.1 Å². The number of hydrogen-bond acceptors (Lipinski definition) is 8. The topological polar surface area (TPSA) is 157 Å². The summed E-state index contributed by atoms with van der Waals surface area (Å²) in [6.07, 6.45) is 0.299.